The molecule has 1 N–H and O–H groups in total. The van der Waals surface area contributed by atoms with Gasteiger partial charge in [-0.3, -0.25) is 0 Å². The third kappa shape index (κ3) is 3.18. The van der Waals surface area contributed by atoms with Crippen molar-refractivity contribution in [2.45, 2.75) is 51.1 Å². The molecule has 108 valence electrons. The van der Waals surface area contributed by atoms with Gasteiger partial charge in [-0.05, 0) is 25.0 Å². The molecule has 0 amide bonds. The molecular weight excluding hydrogens is 268 g/mol. The van der Waals surface area contributed by atoms with Crippen molar-refractivity contribution in [2.75, 3.05) is 6.54 Å². The number of hydrogen-bond acceptors (Lipinski definition) is 1. The molecule has 0 atom stereocenters. The Morgan fingerprint density at radius 2 is 1.90 bits per heavy atom. The van der Waals surface area contributed by atoms with E-state index < -0.39 is 0 Å². The Morgan fingerprint density at radius 3 is 2.70 bits per heavy atom. The lowest BCUT2D eigenvalue weighted by molar-refractivity contribution is 0.447. The number of fused-ring (bicyclic) bond motifs is 1. The smallest absolute Gasteiger partial charge is 0.0670 e. The van der Waals surface area contributed by atoms with Crippen LogP contribution in [0.25, 0.3) is 10.9 Å². The summed E-state index contributed by atoms with van der Waals surface area (Å²) in [5.74, 6) is 0. The summed E-state index contributed by atoms with van der Waals surface area (Å²) in [6.45, 7) is 2.02. The minimum atomic E-state index is 0.717. The van der Waals surface area contributed by atoms with Gasteiger partial charge in [-0.1, -0.05) is 49.4 Å². The lowest BCUT2D eigenvalue weighted by Crippen LogP contribution is -2.31. The van der Waals surface area contributed by atoms with Gasteiger partial charge in [-0.25, -0.2) is 0 Å². The van der Waals surface area contributed by atoms with Gasteiger partial charge >= 0.3 is 0 Å². The van der Waals surface area contributed by atoms with Crippen molar-refractivity contribution in [1.29, 1.82) is 0 Å². The highest BCUT2D eigenvalue weighted by Gasteiger charge is 2.11. The second kappa shape index (κ2) is 6.64. The minimum Gasteiger partial charge on any atom is -0.345 e. The fourth-order valence-electron chi connectivity index (χ4n) is 3.27. The van der Waals surface area contributed by atoms with E-state index in [0.29, 0.717) is 0 Å². The van der Waals surface area contributed by atoms with Crippen molar-refractivity contribution in [3.05, 3.63) is 35.5 Å². The maximum atomic E-state index is 6.31. The number of nitrogens with zero attached hydrogens (tertiary/aromatic N) is 1. The number of hydrogen-bond donors (Lipinski definition) is 1. The molecule has 0 bridgehead atoms. The Balaban J connectivity index is 1.59. The molecule has 1 aromatic carbocycles. The second-order valence-electron chi connectivity index (χ2n) is 5.83. The van der Waals surface area contributed by atoms with E-state index in [1.54, 1.807) is 0 Å². The summed E-state index contributed by atoms with van der Waals surface area (Å²) in [6, 6.07) is 8.97. The molecule has 0 spiro atoms. The van der Waals surface area contributed by atoms with Gasteiger partial charge < -0.3 is 9.88 Å². The monoisotopic (exact) mass is 290 g/mol. The zero-order chi connectivity index (χ0) is 13.8. The average molecular weight is 291 g/mol. The topological polar surface area (TPSA) is 17.0 Å². The van der Waals surface area contributed by atoms with Crippen molar-refractivity contribution >= 4 is 22.5 Å². The molecule has 1 aliphatic carbocycles. The summed E-state index contributed by atoms with van der Waals surface area (Å²) in [4.78, 5) is 0. The molecule has 3 heteroatoms. The quantitative estimate of drug-likeness (QED) is 0.814. The Kier molecular flexibility index (Phi) is 4.64. The average Bonchev–Trinajstić information content (AvgIpc) is 2.69. The molecule has 0 saturated heterocycles. The lowest BCUT2D eigenvalue weighted by Gasteiger charge is -2.16. The van der Waals surface area contributed by atoms with Crippen LogP contribution in [0.2, 0.25) is 5.02 Å². The van der Waals surface area contributed by atoms with Crippen LogP contribution >= 0.6 is 11.6 Å². The predicted octanol–water partition coefficient (Wildman–Crippen LogP) is 4.61. The zero-order valence-corrected chi connectivity index (χ0v) is 12.7. The molecule has 0 aliphatic heterocycles. The normalized spacial score (nSPS) is 17.4. The second-order valence-corrected chi connectivity index (χ2v) is 6.24. The molecule has 1 saturated carbocycles. The molecule has 0 radical (unpaired) electrons. The van der Waals surface area contributed by atoms with Crippen LogP contribution in [-0.2, 0) is 6.54 Å². The summed E-state index contributed by atoms with van der Waals surface area (Å²) in [5.41, 5.74) is 1.16. The lowest BCUT2D eigenvalue weighted by atomic mass is 10.1. The van der Waals surface area contributed by atoms with Crippen LogP contribution in [0.5, 0.6) is 0 Å². The van der Waals surface area contributed by atoms with Gasteiger partial charge in [0.1, 0.15) is 0 Å². The van der Waals surface area contributed by atoms with E-state index in [0.717, 1.165) is 29.7 Å². The van der Waals surface area contributed by atoms with E-state index >= 15 is 0 Å². The van der Waals surface area contributed by atoms with Crippen molar-refractivity contribution in [1.82, 2.24) is 9.88 Å². The van der Waals surface area contributed by atoms with Crippen LogP contribution in [0, 0.1) is 0 Å². The van der Waals surface area contributed by atoms with Gasteiger partial charge in [0.25, 0.3) is 0 Å². The number of para-hydroxylation sites is 1. The van der Waals surface area contributed by atoms with Crippen molar-refractivity contribution in [3.8, 4) is 0 Å². The molecule has 1 aliphatic rings. The molecule has 2 aromatic rings. The highest BCUT2D eigenvalue weighted by Crippen LogP contribution is 2.24. The molecule has 0 unspecified atom stereocenters. The largest absolute Gasteiger partial charge is 0.345 e. The molecular formula is C17H23ClN2. The first-order chi connectivity index (χ1) is 9.84. The van der Waals surface area contributed by atoms with Gasteiger partial charge in [-0.15, -0.1) is 0 Å². The predicted molar refractivity (Wildman–Crippen MR) is 86.4 cm³/mol. The molecule has 2 nitrogen and oxygen atoms in total. The van der Waals surface area contributed by atoms with Crippen LogP contribution in [-0.4, -0.2) is 17.2 Å². The zero-order valence-electron chi connectivity index (χ0n) is 11.9. The molecule has 20 heavy (non-hydrogen) atoms. The number of benzene rings is 1. The maximum Gasteiger partial charge on any atom is 0.0670 e. The summed E-state index contributed by atoms with van der Waals surface area (Å²) in [7, 11) is 0. The van der Waals surface area contributed by atoms with Crippen LogP contribution in [0.1, 0.15) is 38.5 Å². The maximum absolute atomic E-state index is 6.31. The Labute approximate surface area is 126 Å². The molecule has 1 heterocycles. The van der Waals surface area contributed by atoms with E-state index in [-0.39, 0.29) is 0 Å². The van der Waals surface area contributed by atoms with Gasteiger partial charge in [0, 0.05) is 30.7 Å². The first-order valence-corrected chi connectivity index (χ1v) is 8.19. The first-order valence-electron chi connectivity index (χ1n) is 7.81. The Hall–Kier alpha value is -0.990. The van der Waals surface area contributed by atoms with Crippen molar-refractivity contribution < 1.29 is 0 Å². The highest BCUT2D eigenvalue weighted by molar-refractivity contribution is 6.35. The standard InChI is InChI=1S/C17H23ClN2/c18-16-9-5-6-14-10-12-20(17(14)16)13-11-19-15-7-3-1-2-4-8-15/h5-6,9-10,12,15,19H,1-4,7-8,11,13H2. The fourth-order valence-corrected chi connectivity index (χ4v) is 3.56. The van der Waals surface area contributed by atoms with E-state index in [1.165, 1.54) is 43.9 Å². The number of rotatable bonds is 4. The van der Waals surface area contributed by atoms with Crippen LogP contribution in [0.15, 0.2) is 30.5 Å². The number of nitrogens with one attached hydrogen (secondary N) is 1. The van der Waals surface area contributed by atoms with Crippen molar-refractivity contribution in [2.24, 2.45) is 0 Å². The van der Waals surface area contributed by atoms with Crippen molar-refractivity contribution in [3.63, 3.8) is 0 Å². The highest BCUT2D eigenvalue weighted by atomic mass is 35.5. The minimum absolute atomic E-state index is 0.717. The first kappa shape index (κ1) is 14.0. The van der Waals surface area contributed by atoms with Gasteiger partial charge in [-0.2, -0.15) is 0 Å². The van der Waals surface area contributed by atoms with Crippen LogP contribution < -0.4 is 5.32 Å². The third-order valence-corrected chi connectivity index (χ3v) is 4.69. The summed E-state index contributed by atoms with van der Waals surface area (Å²) < 4.78 is 2.27. The van der Waals surface area contributed by atoms with Crippen LogP contribution in [0.3, 0.4) is 0 Å². The summed E-state index contributed by atoms with van der Waals surface area (Å²) in [5, 5.41) is 5.80. The van der Waals surface area contributed by atoms with E-state index in [1.807, 2.05) is 12.1 Å². The van der Waals surface area contributed by atoms with Gasteiger partial charge in [0.15, 0.2) is 0 Å². The Morgan fingerprint density at radius 1 is 1.10 bits per heavy atom. The summed E-state index contributed by atoms with van der Waals surface area (Å²) >= 11 is 6.31. The van der Waals surface area contributed by atoms with Gasteiger partial charge in [0.2, 0.25) is 0 Å². The van der Waals surface area contributed by atoms with Gasteiger partial charge in [0.05, 0.1) is 10.5 Å². The van der Waals surface area contributed by atoms with E-state index in [9.17, 15) is 0 Å². The van der Waals surface area contributed by atoms with Crippen LogP contribution in [0.4, 0.5) is 0 Å². The number of halogens is 1. The Bertz CT molecular complexity index is 553. The summed E-state index contributed by atoms with van der Waals surface area (Å²) in [6.07, 6.45) is 10.4. The molecule has 1 aromatic heterocycles. The fraction of sp³-hybridized carbons (Fsp3) is 0.529. The van der Waals surface area contributed by atoms with E-state index in [4.69, 9.17) is 11.6 Å². The van der Waals surface area contributed by atoms with E-state index in [2.05, 4.69) is 28.2 Å². The number of aromatic nitrogens is 1. The third-order valence-electron chi connectivity index (χ3n) is 4.38. The molecule has 1 fully saturated rings. The molecule has 3 rings (SSSR count). The SMILES string of the molecule is Clc1cccc2ccn(CCNC3CCCCCC3)c12.